The number of piperidine rings is 1. The lowest BCUT2D eigenvalue weighted by atomic mass is 9.96. The first-order valence-electron chi connectivity index (χ1n) is 18.7. The molecule has 0 bridgehead atoms. The number of ketones is 1. The van der Waals surface area contributed by atoms with Crippen LogP contribution in [0.3, 0.4) is 0 Å². The third-order valence-corrected chi connectivity index (χ3v) is 12.1. The maximum atomic E-state index is 12.5. The lowest BCUT2D eigenvalue weighted by molar-refractivity contribution is -0.123. The number of halogens is 2. The zero-order valence-corrected chi connectivity index (χ0v) is 33.9. The van der Waals surface area contributed by atoms with E-state index in [0.29, 0.717) is 52.6 Å². The van der Waals surface area contributed by atoms with E-state index >= 15 is 0 Å². The van der Waals surface area contributed by atoms with Gasteiger partial charge < -0.3 is 24.2 Å². The van der Waals surface area contributed by atoms with E-state index in [2.05, 4.69) is 14.8 Å². The molecule has 0 unspecified atom stereocenters. The summed E-state index contributed by atoms with van der Waals surface area (Å²) in [4.78, 5) is 21.2. The number of β-amino-alcohol motifs (C(OH)–C–C–N with tert-alkyl or cyclic N) is 1. The van der Waals surface area contributed by atoms with E-state index in [0.717, 1.165) is 85.8 Å². The lowest BCUT2D eigenvalue weighted by Gasteiger charge is -2.34. The number of carbonyl (C=O) groups is 1. The number of nitrogens with zero attached hydrogens (tertiary/aromatic N) is 3. The third kappa shape index (κ3) is 10.6. The molecule has 13 heteroatoms. The summed E-state index contributed by atoms with van der Waals surface area (Å²) in [6.07, 6.45) is 8.24. The van der Waals surface area contributed by atoms with E-state index in [4.69, 9.17) is 37.4 Å². The molecular formula is C42H49Cl2N3O7S. The summed E-state index contributed by atoms with van der Waals surface area (Å²) < 4.78 is 43.2. The highest BCUT2D eigenvalue weighted by molar-refractivity contribution is 7.90. The van der Waals surface area contributed by atoms with Crippen molar-refractivity contribution in [3.8, 4) is 28.4 Å². The fraction of sp³-hybridized carbons (Fsp3) is 0.429. The molecule has 10 nitrogen and oxygen atoms in total. The van der Waals surface area contributed by atoms with E-state index in [1.807, 2.05) is 49.4 Å². The largest absolute Gasteiger partial charge is 0.492 e. The van der Waals surface area contributed by atoms with Crippen LogP contribution >= 0.6 is 23.2 Å². The Morgan fingerprint density at radius 1 is 0.909 bits per heavy atom. The molecule has 0 amide bonds. The molecule has 4 aromatic rings. The minimum absolute atomic E-state index is 0.0633. The van der Waals surface area contributed by atoms with Gasteiger partial charge in [0.25, 0.3) is 0 Å². The molecule has 294 valence electrons. The predicted octanol–water partition coefficient (Wildman–Crippen LogP) is 7.70. The van der Waals surface area contributed by atoms with Crippen molar-refractivity contribution in [1.29, 1.82) is 0 Å². The molecule has 0 saturated carbocycles. The number of ether oxygens (including phenoxy) is 3. The van der Waals surface area contributed by atoms with Crippen molar-refractivity contribution in [1.82, 2.24) is 14.8 Å². The molecular weight excluding hydrogens is 761 g/mol. The fourth-order valence-electron chi connectivity index (χ4n) is 7.31. The Labute approximate surface area is 334 Å². The summed E-state index contributed by atoms with van der Waals surface area (Å²) in [6, 6.07) is 16.8. The first kappa shape index (κ1) is 40.9. The van der Waals surface area contributed by atoms with Crippen LogP contribution < -0.4 is 14.2 Å². The second kappa shape index (κ2) is 18.5. The second-order valence-corrected chi connectivity index (χ2v) is 17.3. The van der Waals surface area contributed by atoms with Gasteiger partial charge in [-0.3, -0.25) is 14.7 Å². The number of carbonyl (C=O) groups excluding carboxylic acids is 1. The van der Waals surface area contributed by atoms with Gasteiger partial charge in [0.05, 0.1) is 33.7 Å². The summed E-state index contributed by atoms with van der Waals surface area (Å²) in [5.41, 5.74) is 5.14. The van der Waals surface area contributed by atoms with Gasteiger partial charge >= 0.3 is 0 Å². The number of rotatable bonds is 16. The van der Waals surface area contributed by atoms with Crippen molar-refractivity contribution < 1.29 is 32.5 Å². The van der Waals surface area contributed by atoms with E-state index in [1.165, 1.54) is 6.20 Å². The van der Waals surface area contributed by atoms with E-state index in [-0.39, 0.29) is 36.0 Å². The number of aliphatic hydroxyl groups excluding tert-OH is 1. The topological polar surface area (TPSA) is 118 Å². The van der Waals surface area contributed by atoms with Gasteiger partial charge in [-0.1, -0.05) is 60.0 Å². The van der Waals surface area contributed by atoms with Crippen molar-refractivity contribution in [2.75, 3.05) is 39.0 Å². The number of hydrogen-bond acceptors (Lipinski definition) is 10. The molecule has 2 aliphatic rings. The van der Waals surface area contributed by atoms with E-state index in [1.54, 1.807) is 25.3 Å². The Hall–Kier alpha value is -3.71. The van der Waals surface area contributed by atoms with Crippen LogP contribution in [0, 0.1) is 6.92 Å². The monoisotopic (exact) mass is 809 g/mol. The maximum absolute atomic E-state index is 12.5. The summed E-state index contributed by atoms with van der Waals surface area (Å²) in [5.74, 6) is 1.69. The zero-order valence-electron chi connectivity index (χ0n) is 31.6. The summed E-state index contributed by atoms with van der Waals surface area (Å²) >= 11 is 13.8. The highest BCUT2D eigenvalue weighted by atomic mass is 35.5. The highest BCUT2D eigenvalue weighted by Crippen LogP contribution is 2.39. The van der Waals surface area contributed by atoms with Crippen LogP contribution in [0.2, 0.25) is 10.0 Å². The van der Waals surface area contributed by atoms with Crippen molar-refractivity contribution in [3.63, 3.8) is 0 Å². The second-order valence-electron chi connectivity index (χ2n) is 14.5. The van der Waals surface area contributed by atoms with Gasteiger partial charge in [0.2, 0.25) is 0 Å². The van der Waals surface area contributed by atoms with Gasteiger partial charge in [-0.15, -0.1) is 0 Å². The van der Waals surface area contributed by atoms with Crippen LogP contribution in [0.4, 0.5) is 0 Å². The van der Waals surface area contributed by atoms with Crippen LogP contribution in [0.25, 0.3) is 11.1 Å². The number of sulfone groups is 1. The first-order chi connectivity index (χ1) is 26.4. The van der Waals surface area contributed by atoms with Crippen LogP contribution in [0.15, 0.2) is 71.9 Å². The van der Waals surface area contributed by atoms with Crippen LogP contribution in [0.5, 0.6) is 17.2 Å². The molecule has 2 atom stereocenters. The van der Waals surface area contributed by atoms with Gasteiger partial charge in [0.15, 0.2) is 9.84 Å². The predicted molar refractivity (Wildman–Crippen MR) is 215 cm³/mol. The number of benzene rings is 3. The van der Waals surface area contributed by atoms with Crippen molar-refractivity contribution >= 4 is 38.8 Å². The average Bonchev–Trinajstić information content (AvgIpc) is 3.58. The Balaban J connectivity index is 1.20. The molecule has 2 fully saturated rings. The Morgan fingerprint density at radius 2 is 1.69 bits per heavy atom. The molecule has 1 N–H and O–H groups in total. The minimum atomic E-state index is -3.45. The van der Waals surface area contributed by atoms with Crippen LogP contribution in [0.1, 0.15) is 61.3 Å². The van der Waals surface area contributed by atoms with Crippen molar-refractivity contribution in [2.45, 2.75) is 82.8 Å². The quantitative estimate of drug-likeness (QED) is 0.113. The van der Waals surface area contributed by atoms with Crippen LogP contribution in [-0.4, -0.2) is 85.3 Å². The molecule has 3 heterocycles. The molecule has 6 rings (SSSR count). The molecule has 0 radical (unpaired) electrons. The highest BCUT2D eigenvalue weighted by Gasteiger charge is 2.27. The maximum Gasteiger partial charge on any atom is 0.177 e. The Bertz CT molecular complexity index is 2100. The molecule has 2 saturated heterocycles. The third-order valence-electron chi connectivity index (χ3n) is 10.4. The van der Waals surface area contributed by atoms with Gasteiger partial charge in [-0.05, 0) is 81.0 Å². The molecule has 1 aromatic heterocycles. The molecule has 2 aliphatic heterocycles. The number of pyridine rings is 1. The molecule has 3 aromatic carbocycles. The number of aromatic nitrogens is 1. The van der Waals surface area contributed by atoms with E-state index < -0.39 is 9.84 Å². The van der Waals surface area contributed by atoms with Gasteiger partial charge in [0.1, 0.15) is 36.2 Å². The fourth-order valence-corrected chi connectivity index (χ4v) is 8.45. The lowest BCUT2D eigenvalue weighted by Crippen LogP contribution is -2.43. The average molecular weight is 811 g/mol. The smallest absolute Gasteiger partial charge is 0.177 e. The normalized spacial score (nSPS) is 18.0. The molecule has 55 heavy (non-hydrogen) atoms. The van der Waals surface area contributed by atoms with Gasteiger partial charge in [-0.2, -0.15) is 0 Å². The van der Waals surface area contributed by atoms with Crippen molar-refractivity contribution in [2.24, 2.45) is 0 Å². The van der Waals surface area contributed by atoms with E-state index in [9.17, 15) is 18.3 Å². The molecule has 0 spiro atoms. The zero-order chi connectivity index (χ0) is 39.1. The number of Topliss-reactive ketones (excluding diaryl/α,β-unsaturated/α-hetero) is 1. The Kier molecular flexibility index (Phi) is 13.8. The first-order valence-corrected chi connectivity index (χ1v) is 21.4. The minimum Gasteiger partial charge on any atom is -0.492 e. The Morgan fingerprint density at radius 3 is 2.45 bits per heavy atom. The summed E-state index contributed by atoms with van der Waals surface area (Å²) in [5, 5.41) is 10.7. The number of likely N-dealkylation sites (tertiary alicyclic amines) is 2. The summed E-state index contributed by atoms with van der Waals surface area (Å²) in [7, 11) is -3.45. The SMILES string of the molecule is CC(=O)[C@@H]1CCCCN1Cc1cc(Cl)c(OCc2cccc(-c3cccc(OCCCN4CC[C@@H](O)C4)c3Cl)c2C)cc1OCc1cncc(S(C)(=O)=O)c1. The number of aliphatic hydroxyl groups is 1. The van der Waals surface area contributed by atoms with Crippen molar-refractivity contribution in [3.05, 3.63) is 99.3 Å². The summed E-state index contributed by atoms with van der Waals surface area (Å²) in [6.45, 7) is 8.19. The van der Waals surface area contributed by atoms with Crippen LogP contribution in [-0.2, 0) is 34.4 Å². The molecule has 0 aliphatic carbocycles. The van der Waals surface area contributed by atoms with Gasteiger partial charge in [0, 0.05) is 67.6 Å². The van der Waals surface area contributed by atoms with Gasteiger partial charge in [-0.25, -0.2) is 8.42 Å². The number of hydrogen-bond donors (Lipinski definition) is 1. The standard InChI is InChI=1S/C42H49Cl2N3O7S/c1-28-31(9-6-10-35(28)36-11-7-13-39(42(36)44)52-18-8-15-46-17-14-33(49)25-46)27-54-41-21-40(53-26-30-19-34(23-45-22-30)55(3,50)51)32(20-37(41)43)24-47-16-5-4-12-38(47)29(2)48/h6-7,9-11,13,19-23,33,38,49H,4-5,8,12,14-18,24-27H2,1-3H3/t33-,38+/m1/s1.